The summed E-state index contributed by atoms with van der Waals surface area (Å²) >= 11 is 0. The van der Waals surface area contributed by atoms with Gasteiger partial charge in [0.25, 0.3) is 5.91 Å². The predicted octanol–water partition coefficient (Wildman–Crippen LogP) is -2.26. The van der Waals surface area contributed by atoms with Gasteiger partial charge >= 0.3 is 11.9 Å². The quantitative estimate of drug-likeness (QED) is 0.462. The molecule has 1 aromatic rings. The first-order valence-electron chi connectivity index (χ1n) is 6.80. The van der Waals surface area contributed by atoms with Crippen molar-refractivity contribution in [2.24, 2.45) is 11.7 Å². The molecule has 1 amide bonds. The summed E-state index contributed by atoms with van der Waals surface area (Å²) in [5.41, 5.74) is 5.08. The van der Waals surface area contributed by atoms with Gasteiger partial charge in [0.2, 0.25) is 5.82 Å². The number of nitrogens with two attached hydrogens (primary N) is 1. The Bertz CT molecular complexity index is 660. The van der Waals surface area contributed by atoms with Gasteiger partial charge in [0.05, 0.1) is 6.61 Å². The summed E-state index contributed by atoms with van der Waals surface area (Å²) in [6, 6.07) is 0. The summed E-state index contributed by atoms with van der Waals surface area (Å²) in [5.74, 6) is -3.71. The van der Waals surface area contributed by atoms with Gasteiger partial charge in [-0.25, -0.2) is 9.67 Å². The highest BCUT2D eigenvalue weighted by Crippen LogP contribution is 2.35. The van der Waals surface area contributed by atoms with Gasteiger partial charge < -0.3 is 25.1 Å². The van der Waals surface area contributed by atoms with Crippen molar-refractivity contribution >= 4 is 17.8 Å². The van der Waals surface area contributed by atoms with E-state index in [0.29, 0.717) is 0 Å². The van der Waals surface area contributed by atoms with Gasteiger partial charge in [0, 0.05) is 0 Å². The number of carbonyl (C=O) groups is 3. The van der Waals surface area contributed by atoms with Crippen molar-refractivity contribution in [2.45, 2.75) is 31.5 Å². The minimum absolute atomic E-state index is 0.247. The van der Waals surface area contributed by atoms with Crippen molar-refractivity contribution in [1.29, 1.82) is 0 Å². The van der Waals surface area contributed by atoms with Crippen LogP contribution in [0.15, 0.2) is 6.33 Å². The fourth-order valence-corrected chi connectivity index (χ4v) is 2.41. The number of ether oxygens (including phenoxy) is 3. The first-order valence-corrected chi connectivity index (χ1v) is 6.80. The number of carbonyl (C=O) groups excluding carboxylic acids is 3. The number of rotatable bonds is 3. The highest BCUT2D eigenvalue weighted by Gasteiger charge is 2.53. The molecule has 3 unspecified atom stereocenters. The minimum atomic E-state index is -1.09. The second-order valence-corrected chi connectivity index (χ2v) is 5.18. The van der Waals surface area contributed by atoms with Gasteiger partial charge in [0.1, 0.15) is 12.4 Å². The molecule has 0 aliphatic carbocycles. The molecular formula is C12H14N4O7. The predicted molar refractivity (Wildman–Crippen MR) is 68.5 cm³/mol. The fourth-order valence-electron chi connectivity index (χ4n) is 2.41. The summed E-state index contributed by atoms with van der Waals surface area (Å²) in [4.78, 5) is 38.5. The molecule has 1 aromatic heterocycles. The third-order valence-electron chi connectivity index (χ3n) is 3.67. The van der Waals surface area contributed by atoms with E-state index < -0.39 is 54.9 Å². The third-order valence-corrected chi connectivity index (χ3v) is 3.67. The number of amides is 1. The van der Waals surface area contributed by atoms with E-state index in [-0.39, 0.29) is 5.82 Å². The number of esters is 2. The van der Waals surface area contributed by atoms with Crippen LogP contribution in [0.5, 0.6) is 0 Å². The zero-order valence-corrected chi connectivity index (χ0v) is 12.0. The third kappa shape index (κ3) is 2.53. The average Bonchev–Trinajstić information content (AvgIpc) is 3.09. The SMILES string of the molecule is CC1C(=O)OC2C(OC1=O)[C@@H](CO)O[C@H]2n1cnc(C(N)=O)n1. The van der Waals surface area contributed by atoms with E-state index in [9.17, 15) is 19.5 Å². The topological polar surface area (TPSA) is 156 Å². The highest BCUT2D eigenvalue weighted by molar-refractivity contribution is 5.95. The summed E-state index contributed by atoms with van der Waals surface area (Å²) in [7, 11) is 0. The maximum absolute atomic E-state index is 11.9. The molecule has 0 spiro atoms. The van der Waals surface area contributed by atoms with E-state index >= 15 is 0 Å². The van der Waals surface area contributed by atoms with Crippen molar-refractivity contribution < 1.29 is 33.7 Å². The van der Waals surface area contributed by atoms with E-state index in [0.717, 1.165) is 4.68 Å². The molecule has 5 atom stereocenters. The fraction of sp³-hybridized carbons (Fsp3) is 0.583. The Labute approximate surface area is 129 Å². The van der Waals surface area contributed by atoms with Crippen LogP contribution < -0.4 is 5.73 Å². The molecule has 2 aliphatic rings. The molecule has 11 nitrogen and oxygen atoms in total. The molecule has 2 fully saturated rings. The lowest BCUT2D eigenvalue weighted by Gasteiger charge is -2.19. The molecular weight excluding hydrogens is 312 g/mol. The second-order valence-electron chi connectivity index (χ2n) is 5.18. The lowest BCUT2D eigenvalue weighted by atomic mass is 10.1. The molecule has 124 valence electrons. The Hall–Kier alpha value is -2.53. The lowest BCUT2D eigenvalue weighted by Crippen LogP contribution is -2.37. The van der Waals surface area contributed by atoms with Crippen LogP contribution in [0.1, 0.15) is 23.8 Å². The molecule has 2 saturated heterocycles. The number of nitrogens with zero attached hydrogens (tertiary/aromatic N) is 3. The van der Waals surface area contributed by atoms with Gasteiger partial charge in [-0.1, -0.05) is 0 Å². The Balaban J connectivity index is 1.93. The smallest absolute Gasteiger partial charge is 0.320 e. The molecule has 2 aliphatic heterocycles. The lowest BCUT2D eigenvalue weighted by molar-refractivity contribution is -0.162. The largest absolute Gasteiger partial charge is 0.455 e. The van der Waals surface area contributed by atoms with Crippen molar-refractivity contribution in [2.75, 3.05) is 6.61 Å². The maximum Gasteiger partial charge on any atom is 0.320 e. The summed E-state index contributed by atoms with van der Waals surface area (Å²) in [6.45, 7) is 0.893. The van der Waals surface area contributed by atoms with Crippen molar-refractivity contribution in [3.05, 3.63) is 12.2 Å². The maximum atomic E-state index is 11.9. The zero-order valence-electron chi connectivity index (χ0n) is 12.0. The minimum Gasteiger partial charge on any atom is -0.455 e. The van der Waals surface area contributed by atoms with Crippen LogP contribution in [0.4, 0.5) is 0 Å². The summed E-state index contributed by atoms with van der Waals surface area (Å²) in [5, 5.41) is 13.2. The number of aliphatic hydroxyl groups is 1. The molecule has 0 saturated carbocycles. The monoisotopic (exact) mass is 326 g/mol. The molecule has 0 radical (unpaired) electrons. The van der Waals surface area contributed by atoms with Crippen molar-refractivity contribution in [3.63, 3.8) is 0 Å². The Morgan fingerprint density at radius 1 is 1.35 bits per heavy atom. The van der Waals surface area contributed by atoms with Crippen molar-refractivity contribution in [3.8, 4) is 0 Å². The summed E-state index contributed by atoms with van der Waals surface area (Å²) < 4.78 is 17.1. The average molecular weight is 326 g/mol. The van der Waals surface area contributed by atoms with Crippen LogP contribution in [0.25, 0.3) is 0 Å². The van der Waals surface area contributed by atoms with Crippen LogP contribution in [-0.4, -0.2) is 62.6 Å². The van der Waals surface area contributed by atoms with Crippen LogP contribution in [-0.2, 0) is 23.8 Å². The van der Waals surface area contributed by atoms with E-state index in [1.165, 1.54) is 13.3 Å². The van der Waals surface area contributed by atoms with Gasteiger partial charge in [-0.2, -0.15) is 0 Å². The molecule has 0 aromatic carbocycles. The Morgan fingerprint density at radius 3 is 2.57 bits per heavy atom. The van der Waals surface area contributed by atoms with Gasteiger partial charge in [-0.3, -0.25) is 14.4 Å². The molecule has 3 heterocycles. The first kappa shape index (κ1) is 15.4. The Morgan fingerprint density at radius 2 is 2.00 bits per heavy atom. The first-order chi connectivity index (χ1) is 10.9. The van der Waals surface area contributed by atoms with E-state index in [1.807, 2.05) is 0 Å². The number of aliphatic hydroxyl groups excluding tert-OH is 1. The van der Waals surface area contributed by atoms with Gasteiger partial charge in [0.15, 0.2) is 24.4 Å². The highest BCUT2D eigenvalue weighted by atomic mass is 16.7. The van der Waals surface area contributed by atoms with Crippen LogP contribution in [0, 0.1) is 5.92 Å². The van der Waals surface area contributed by atoms with Gasteiger partial charge in [-0.05, 0) is 6.92 Å². The van der Waals surface area contributed by atoms with E-state index in [1.54, 1.807) is 0 Å². The number of hydrogen-bond donors (Lipinski definition) is 2. The second kappa shape index (κ2) is 5.59. The molecule has 3 N–H and O–H groups in total. The van der Waals surface area contributed by atoms with Gasteiger partial charge in [-0.15, -0.1) is 5.10 Å². The molecule has 11 heteroatoms. The van der Waals surface area contributed by atoms with Crippen molar-refractivity contribution in [1.82, 2.24) is 14.8 Å². The van der Waals surface area contributed by atoms with E-state index in [2.05, 4.69) is 10.1 Å². The summed E-state index contributed by atoms with van der Waals surface area (Å²) in [6.07, 6.45) is -2.78. The number of fused-ring (bicyclic) bond motifs is 1. The number of primary amides is 1. The Kier molecular flexibility index (Phi) is 3.74. The van der Waals surface area contributed by atoms with Crippen LogP contribution in [0.3, 0.4) is 0 Å². The molecule has 23 heavy (non-hydrogen) atoms. The molecule has 3 rings (SSSR count). The number of hydrogen-bond acceptors (Lipinski definition) is 9. The normalized spacial score (nSPS) is 33.6. The van der Waals surface area contributed by atoms with E-state index in [4.69, 9.17) is 19.9 Å². The number of aromatic nitrogens is 3. The van der Waals surface area contributed by atoms with Crippen LogP contribution in [0.2, 0.25) is 0 Å². The molecule has 0 bridgehead atoms. The van der Waals surface area contributed by atoms with Crippen LogP contribution >= 0.6 is 0 Å². The zero-order chi connectivity index (χ0) is 16.7. The standard InChI is InChI=1S/C12H14N4O7/c1-4-11(19)22-6-5(2-17)21-10(7(6)23-12(4)20)16-3-14-9(15-16)8(13)18/h3-7,10,17H,2H2,1H3,(H2,13,18)/t4?,5-,6?,7?,10-/m1/s1.